The Morgan fingerprint density at radius 3 is 2.59 bits per heavy atom. The molecule has 1 N–H and O–H groups in total. The van der Waals surface area contributed by atoms with Gasteiger partial charge in [-0.25, -0.2) is 12.8 Å². The normalized spacial score (nSPS) is 11.5. The first-order valence-corrected chi connectivity index (χ1v) is 8.85. The number of benzene rings is 1. The molecule has 0 bridgehead atoms. The van der Waals surface area contributed by atoms with E-state index in [2.05, 4.69) is 26.3 Å². The highest BCUT2D eigenvalue weighted by molar-refractivity contribution is 9.10. The van der Waals surface area contributed by atoms with Gasteiger partial charge in [-0.05, 0) is 40.5 Å². The van der Waals surface area contributed by atoms with Gasteiger partial charge in [0.2, 0.25) is 0 Å². The van der Waals surface area contributed by atoms with Crippen LogP contribution in [-0.2, 0) is 10.0 Å². The van der Waals surface area contributed by atoms with Gasteiger partial charge in [0.15, 0.2) is 10.8 Å². The molecule has 0 atom stereocenters. The fourth-order valence-corrected chi connectivity index (χ4v) is 3.29. The van der Waals surface area contributed by atoms with Crippen LogP contribution in [0.2, 0.25) is 5.15 Å². The van der Waals surface area contributed by atoms with Crippen molar-refractivity contribution in [3.63, 3.8) is 0 Å². The lowest BCUT2D eigenvalue weighted by Crippen LogP contribution is -2.17. The molecule has 6 nitrogen and oxygen atoms in total. The maximum absolute atomic E-state index is 13.7. The molecule has 1 aromatic carbocycles. The summed E-state index contributed by atoms with van der Waals surface area (Å²) in [6.45, 7) is 1.71. The molecule has 0 fully saturated rings. The standard InChI is InChI=1S/C12H10BrClFN3O3S/c1-6-3-4-8(7(15)5-6)16-12(19)10-9(13)11(14)18(17-10)22(2,20)21/h3-5H,1-2H3,(H,16,19). The minimum atomic E-state index is -3.77. The van der Waals surface area contributed by atoms with Crippen LogP contribution in [0.5, 0.6) is 0 Å². The van der Waals surface area contributed by atoms with Crippen molar-refractivity contribution in [1.29, 1.82) is 0 Å². The minimum absolute atomic E-state index is 0.00427. The van der Waals surface area contributed by atoms with E-state index in [-0.39, 0.29) is 21.0 Å². The second kappa shape index (κ2) is 5.98. The molecule has 0 unspecified atom stereocenters. The second-order valence-corrected chi connectivity index (χ2v) is 7.46. The van der Waals surface area contributed by atoms with Gasteiger partial charge in [0.05, 0.1) is 16.4 Å². The Balaban J connectivity index is 2.38. The van der Waals surface area contributed by atoms with Gasteiger partial charge in [0.25, 0.3) is 15.9 Å². The van der Waals surface area contributed by atoms with E-state index in [4.69, 9.17) is 11.6 Å². The fraction of sp³-hybridized carbons (Fsp3) is 0.167. The Morgan fingerprint density at radius 1 is 1.45 bits per heavy atom. The lowest BCUT2D eigenvalue weighted by Gasteiger charge is -2.05. The van der Waals surface area contributed by atoms with Crippen LogP contribution in [0.3, 0.4) is 0 Å². The summed E-state index contributed by atoms with van der Waals surface area (Å²) >= 11 is 8.82. The third-order valence-electron chi connectivity index (χ3n) is 2.65. The summed E-state index contributed by atoms with van der Waals surface area (Å²) in [6.07, 6.45) is 0.889. The molecule has 0 radical (unpaired) electrons. The van der Waals surface area contributed by atoms with E-state index in [1.54, 1.807) is 13.0 Å². The molecule has 118 valence electrons. The molecule has 0 aliphatic heterocycles. The minimum Gasteiger partial charge on any atom is -0.318 e. The van der Waals surface area contributed by atoms with E-state index in [0.29, 0.717) is 9.65 Å². The van der Waals surface area contributed by atoms with Crippen LogP contribution in [-0.4, -0.2) is 29.8 Å². The first-order chi connectivity index (χ1) is 10.1. The number of aryl methyl sites for hydroxylation is 1. The SMILES string of the molecule is Cc1ccc(NC(=O)c2nn(S(C)(=O)=O)c(Cl)c2Br)c(F)c1. The molecule has 1 amide bonds. The molecule has 0 aliphatic carbocycles. The lowest BCUT2D eigenvalue weighted by atomic mass is 10.2. The molecule has 22 heavy (non-hydrogen) atoms. The summed E-state index contributed by atoms with van der Waals surface area (Å²) in [5.74, 6) is -1.41. The Labute approximate surface area is 139 Å². The number of carbonyl (C=O) groups is 1. The number of hydrogen-bond acceptors (Lipinski definition) is 4. The molecule has 2 rings (SSSR count). The van der Waals surface area contributed by atoms with Crippen molar-refractivity contribution in [2.24, 2.45) is 0 Å². The highest BCUT2D eigenvalue weighted by atomic mass is 79.9. The average Bonchev–Trinajstić information content (AvgIpc) is 2.69. The summed E-state index contributed by atoms with van der Waals surface area (Å²) < 4.78 is 37.2. The van der Waals surface area contributed by atoms with Crippen molar-refractivity contribution in [2.75, 3.05) is 11.6 Å². The first kappa shape index (κ1) is 16.9. The number of anilines is 1. The lowest BCUT2D eigenvalue weighted by molar-refractivity contribution is 0.102. The van der Waals surface area contributed by atoms with Gasteiger partial charge >= 0.3 is 0 Å². The predicted octanol–water partition coefficient (Wildman–Crippen LogP) is 2.81. The summed E-state index contributed by atoms with van der Waals surface area (Å²) in [6, 6.07) is 4.27. The van der Waals surface area contributed by atoms with Crippen LogP contribution in [0.15, 0.2) is 22.7 Å². The molecule has 2 aromatic rings. The first-order valence-electron chi connectivity index (χ1n) is 5.83. The van der Waals surface area contributed by atoms with E-state index < -0.39 is 21.7 Å². The number of rotatable bonds is 3. The molecule has 0 saturated heterocycles. The average molecular weight is 411 g/mol. The van der Waals surface area contributed by atoms with Gasteiger partial charge in [0, 0.05) is 0 Å². The van der Waals surface area contributed by atoms with Crippen LogP contribution in [0.4, 0.5) is 10.1 Å². The quantitative estimate of drug-likeness (QED) is 0.844. The molecule has 1 aromatic heterocycles. The summed E-state index contributed by atoms with van der Waals surface area (Å²) in [7, 11) is -3.77. The van der Waals surface area contributed by atoms with Gasteiger partial charge in [-0.3, -0.25) is 4.79 Å². The number of amides is 1. The van der Waals surface area contributed by atoms with Crippen molar-refractivity contribution in [3.05, 3.63) is 44.9 Å². The van der Waals surface area contributed by atoms with Gasteiger partial charge in [-0.1, -0.05) is 17.7 Å². The highest BCUT2D eigenvalue weighted by Gasteiger charge is 2.24. The Hall–Kier alpha value is -1.45. The van der Waals surface area contributed by atoms with E-state index in [0.717, 1.165) is 6.26 Å². The predicted molar refractivity (Wildman–Crippen MR) is 84.3 cm³/mol. The number of nitrogens with one attached hydrogen (secondary N) is 1. The van der Waals surface area contributed by atoms with Crippen molar-refractivity contribution in [2.45, 2.75) is 6.92 Å². The third kappa shape index (κ3) is 3.31. The van der Waals surface area contributed by atoms with Gasteiger partial charge < -0.3 is 5.32 Å². The topological polar surface area (TPSA) is 81.1 Å². The van der Waals surface area contributed by atoms with E-state index in [1.807, 2.05) is 0 Å². The van der Waals surface area contributed by atoms with Crippen LogP contribution >= 0.6 is 27.5 Å². The summed E-state index contributed by atoms with van der Waals surface area (Å²) in [4.78, 5) is 12.1. The number of hydrogen-bond donors (Lipinski definition) is 1. The Kier molecular flexibility index (Phi) is 4.59. The van der Waals surface area contributed by atoms with Gasteiger partial charge in [0.1, 0.15) is 5.82 Å². The molecule has 0 spiro atoms. The number of aromatic nitrogens is 2. The van der Waals surface area contributed by atoms with E-state index >= 15 is 0 Å². The summed E-state index contributed by atoms with van der Waals surface area (Å²) in [5, 5.41) is 5.69. The second-order valence-electron chi connectivity index (χ2n) is 4.50. The smallest absolute Gasteiger partial charge is 0.277 e. The third-order valence-corrected chi connectivity index (χ3v) is 4.97. The highest BCUT2D eigenvalue weighted by Crippen LogP contribution is 2.28. The van der Waals surface area contributed by atoms with Crippen molar-refractivity contribution < 1.29 is 17.6 Å². The van der Waals surface area contributed by atoms with E-state index in [1.165, 1.54) is 12.1 Å². The van der Waals surface area contributed by atoms with Gasteiger partial charge in [-0.2, -0.15) is 0 Å². The van der Waals surface area contributed by atoms with Crippen LogP contribution < -0.4 is 5.32 Å². The van der Waals surface area contributed by atoms with Crippen molar-refractivity contribution >= 4 is 49.1 Å². The van der Waals surface area contributed by atoms with Crippen LogP contribution in [0.25, 0.3) is 0 Å². The van der Waals surface area contributed by atoms with Gasteiger partial charge in [-0.15, -0.1) is 9.19 Å². The molecule has 10 heteroatoms. The molecular weight excluding hydrogens is 401 g/mol. The zero-order chi connectivity index (χ0) is 16.7. The maximum atomic E-state index is 13.7. The molecule has 1 heterocycles. The molecule has 0 aliphatic rings. The molecular formula is C12H10BrClFN3O3S. The monoisotopic (exact) mass is 409 g/mol. The molecule has 0 saturated carbocycles. The summed E-state index contributed by atoms with van der Waals surface area (Å²) in [5.41, 5.74) is 0.379. The van der Waals surface area contributed by atoms with Crippen LogP contribution in [0, 0.1) is 12.7 Å². The Morgan fingerprint density at radius 2 is 2.09 bits per heavy atom. The number of nitrogens with zero attached hydrogens (tertiary/aromatic N) is 2. The number of halogens is 3. The Bertz CT molecular complexity index is 867. The largest absolute Gasteiger partial charge is 0.318 e. The van der Waals surface area contributed by atoms with E-state index in [9.17, 15) is 17.6 Å². The van der Waals surface area contributed by atoms with Crippen molar-refractivity contribution in [1.82, 2.24) is 9.19 Å². The van der Waals surface area contributed by atoms with Crippen LogP contribution in [0.1, 0.15) is 16.1 Å². The fourth-order valence-electron chi connectivity index (χ4n) is 1.63. The zero-order valence-corrected chi connectivity index (χ0v) is 14.6. The van der Waals surface area contributed by atoms with Crippen molar-refractivity contribution in [3.8, 4) is 0 Å². The maximum Gasteiger partial charge on any atom is 0.277 e. The number of carbonyl (C=O) groups excluding carboxylic acids is 1. The zero-order valence-electron chi connectivity index (χ0n) is 11.4.